The molecule has 1 N–H and O–H groups in total. The normalized spacial score (nSPS) is 12.4. The van der Waals surface area contributed by atoms with Crippen molar-refractivity contribution < 1.29 is 23.9 Å². The number of hydrogen-bond donors (Lipinski definition) is 1. The van der Waals surface area contributed by atoms with Crippen LogP contribution in [0.4, 0.5) is 10.5 Å². The van der Waals surface area contributed by atoms with Gasteiger partial charge in [0.25, 0.3) is 17.1 Å². The molecule has 0 fully saturated rings. The van der Waals surface area contributed by atoms with E-state index in [0.29, 0.717) is 29.6 Å². The number of hydrogen-bond acceptors (Lipinski definition) is 10. The maximum atomic E-state index is 12.4. The summed E-state index contributed by atoms with van der Waals surface area (Å²) in [6.45, 7) is 4.26. The number of carbonyl (C=O) groups excluding carboxylic acids is 4. The lowest BCUT2D eigenvalue weighted by Crippen LogP contribution is -2.34. The largest absolute Gasteiger partial charge is 0.442 e. The number of esters is 1. The third kappa shape index (κ3) is 5.20. The Morgan fingerprint density at radius 2 is 1.72 bits per heavy atom. The monoisotopic (exact) mass is 509 g/mol. The summed E-state index contributed by atoms with van der Waals surface area (Å²) in [4.78, 5) is 52.0. The van der Waals surface area contributed by atoms with E-state index in [0.717, 1.165) is 16.7 Å². The molecule has 2 heterocycles. The van der Waals surface area contributed by atoms with E-state index >= 15 is 0 Å². The maximum absolute atomic E-state index is 12.4. The number of rotatable bonds is 9. The highest BCUT2D eigenvalue weighted by Gasteiger charge is 2.35. The average molecular weight is 510 g/mol. The lowest BCUT2D eigenvalue weighted by molar-refractivity contribution is -0.144. The van der Waals surface area contributed by atoms with Crippen LogP contribution in [0.1, 0.15) is 34.6 Å². The Kier molecular flexibility index (Phi) is 7.59. The Hall–Kier alpha value is -4.26. The van der Waals surface area contributed by atoms with Crippen molar-refractivity contribution in [3.8, 4) is 5.69 Å². The molecule has 186 valence electrons. The van der Waals surface area contributed by atoms with Gasteiger partial charge < -0.3 is 15.0 Å². The summed E-state index contributed by atoms with van der Waals surface area (Å²) < 4.78 is 6.56. The van der Waals surface area contributed by atoms with Crippen LogP contribution in [0, 0.1) is 0 Å². The van der Waals surface area contributed by atoms with Gasteiger partial charge in [-0.15, -0.1) is 5.10 Å². The molecule has 4 rings (SSSR count). The van der Waals surface area contributed by atoms with E-state index < -0.39 is 24.5 Å². The molecule has 0 aliphatic carbocycles. The van der Waals surface area contributed by atoms with Crippen molar-refractivity contribution in [2.45, 2.75) is 19.0 Å². The number of ether oxygens (including phenoxy) is 1. The molecule has 1 aliphatic rings. The van der Waals surface area contributed by atoms with E-state index in [1.165, 1.54) is 4.68 Å². The smallest absolute Gasteiger partial charge is 0.327 e. The molecule has 0 bridgehead atoms. The van der Waals surface area contributed by atoms with Crippen molar-refractivity contribution in [3.63, 3.8) is 0 Å². The van der Waals surface area contributed by atoms with E-state index in [1.54, 1.807) is 53.4 Å². The number of fused-ring (bicyclic) bond motifs is 1. The van der Waals surface area contributed by atoms with Crippen molar-refractivity contribution in [1.29, 1.82) is 0 Å². The predicted octanol–water partition coefficient (Wildman–Crippen LogP) is 2.43. The molecule has 12 nitrogen and oxygen atoms in total. The molecular weight excluding hydrogens is 486 g/mol. The van der Waals surface area contributed by atoms with E-state index in [2.05, 4.69) is 20.8 Å². The van der Waals surface area contributed by atoms with Gasteiger partial charge in [-0.05, 0) is 54.6 Å². The zero-order chi connectivity index (χ0) is 25.7. The summed E-state index contributed by atoms with van der Waals surface area (Å²) in [6, 6.07) is 13.4. The number of thioether (sulfide) groups is 1. The number of nitrogens with zero attached hydrogens (tertiary/aromatic N) is 6. The minimum Gasteiger partial charge on any atom is -0.442 e. The van der Waals surface area contributed by atoms with Gasteiger partial charge in [0.05, 0.1) is 16.8 Å². The number of amides is 3. The fourth-order valence-corrected chi connectivity index (χ4v) is 4.34. The first kappa shape index (κ1) is 24.9. The Balaban J connectivity index is 1.34. The van der Waals surface area contributed by atoms with Gasteiger partial charge in [-0.2, -0.15) is 4.68 Å². The van der Waals surface area contributed by atoms with Crippen LogP contribution in [0.3, 0.4) is 0 Å². The zero-order valence-corrected chi connectivity index (χ0v) is 20.4. The second kappa shape index (κ2) is 11.0. The number of nitrogens with one attached hydrogen (secondary N) is 1. The Bertz CT molecular complexity index is 1270. The number of tetrazole rings is 1. The van der Waals surface area contributed by atoms with Crippen molar-refractivity contribution in [1.82, 2.24) is 30.0 Å². The molecule has 3 amide bonds. The number of carbonyl (C=O) groups is 4. The quantitative estimate of drug-likeness (QED) is 0.260. The lowest BCUT2D eigenvalue weighted by atomic mass is 10.1. The summed E-state index contributed by atoms with van der Waals surface area (Å²) in [6.07, 6.45) is 0. The molecule has 0 spiro atoms. The molecule has 1 aliphatic heterocycles. The van der Waals surface area contributed by atoms with E-state index in [4.69, 9.17) is 4.74 Å². The number of aromatic nitrogens is 4. The average Bonchev–Trinajstić information content (AvgIpc) is 3.45. The van der Waals surface area contributed by atoms with Crippen LogP contribution >= 0.6 is 11.8 Å². The van der Waals surface area contributed by atoms with Crippen LogP contribution in [0.2, 0.25) is 0 Å². The molecule has 0 radical (unpaired) electrons. The van der Waals surface area contributed by atoms with Crippen LogP contribution in [0.15, 0.2) is 53.7 Å². The standard InChI is InChI=1S/C23H23N7O5S/c1-3-28(4-2)23(34)36-22-25-26-27-30(22)16-9-7-8-15(12-16)24-13-19(31)35-14-29-20(32)17-10-5-6-11-18(17)21(29)33/h5-12,24H,3-4,13-14H2,1-2H3. The number of anilines is 1. The molecular formula is C23H23N7O5S. The van der Waals surface area contributed by atoms with Gasteiger partial charge in [0.2, 0.25) is 5.16 Å². The van der Waals surface area contributed by atoms with Crippen molar-refractivity contribution in [3.05, 3.63) is 59.7 Å². The second-order valence-corrected chi connectivity index (χ2v) is 8.47. The third-order valence-electron chi connectivity index (χ3n) is 5.40. The van der Waals surface area contributed by atoms with E-state index in [1.807, 2.05) is 13.8 Å². The molecule has 13 heteroatoms. The van der Waals surface area contributed by atoms with Crippen molar-refractivity contribution in [2.75, 3.05) is 31.7 Å². The summed E-state index contributed by atoms with van der Waals surface area (Å²) in [5, 5.41) is 14.7. The summed E-state index contributed by atoms with van der Waals surface area (Å²) >= 11 is 0.927. The molecule has 2 aromatic carbocycles. The van der Waals surface area contributed by atoms with Crippen LogP contribution in [0.5, 0.6) is 0 Å². The van der Waals surface area contributed by atoms with E-state index in [-0.39, 0.29) is 22.9 Å². The van der Waals surface area contributed by atoms with Gasteiger partial charge in [0.15, 0.2) is 6.73 Å². The van der Waals surface area contributed by atoms with Gasteiger partial charge in [-0.3, -0.25) is 19.2 Å². The predicted molar refractivity (Wildman–Crippen MR) is 130 cm³/mol. The molecule has 1 aromatic heterocycles. The van der Waals surface area contributed by atoms with Crippen molar-refractivity contribution in [2.24, 2.45) is 0 Å². The minimum absolute atomic E-state index is 0.161. The molecule has 3 aromatic rings. The first-order chi connectivity index (χ1) is 17.4. The highest BCUT2D eigenvalue weighted by Crippen LogP contribution is 2.24. The van der Waals surface area contributed by atoms with Crippen LogP contribution in [-0.4, -0.2) is 79.4 Å². The summed E-state index contributed by atoms with van der Waals surface area (Å²) in [5.41, 5.74) is 1.73. The van der Waals surface area contributed by atoms with Gasteiger partial charge in [-0.1, -0.05) is 18.2 Å². The minimum atomic E-state index is -0.652. The fraction of sp³-hybridized carbons (Fsp3) is 0.261. The Morgan fingerprint density at radius 3 is 2.39 bits per heavy atom. The topological polar surface area (TPSA) is 140 Å². The van der Waals surface area contributed by atoms with Gasteiger partial charge in [-0.25, -0.2) is 4.90 Å². The van der Waals surface area contributed by atoms with Crippen LogP contribution < -0.4 is 5.32 Å². The SMILES string of the molecule is CCN(CC)C(=O)Sc1nnnn1-c1cccc(NCC(=O)OCN2C(=O)c3ccccc3C2=O)c1. The first-order valence-corrected chi connectivity index (χ1v) is 11.9. The van der Waals surface area contributed by atoms with Crippen molar-refractivity contribution >= 4 is 40.5 Å². The molecule has 0 saturated carbocycles. The zero-order valence-electron chi connectivity index (χ0n) is 19.6. The molecule has 0 saturated heterocycles. The van der Waals surface area contributed by atoms with Crippen LogP contribution in [0.25, 0.3) is 5.69 Å². The molecule has 36 heavy (non-hydrogen) atoms. The summed E-state index contributed by atoms with van der Waals surface area (Å²) in [5.74, 6) is -1.65. The van der Waals surface area contributed by atoms with Gasteiger partial charge in [0, 0.05) is 30.5 Å². The number of benzene rings is 2. The van der Waals surface area contributed by atoms with Gasteiger partial charge in [0.1, 0.15) is 6.54 Å². The first-order valence-electron chi connectivity index (χ1n) is 11.1. The van der Waals surface area contributed by atoms with Crippen LogP contribution in [-0.2, 0) is 9.53 Å². The third-order valence-corrected chi connectivity index (χ3v) is 6.27. The Labute approximate surface area is 210 Å². The lowest BCUT2D eigenvalue weighted by Gasteiger charge is -2.17. The second-order valence-electron chi connectivity index (χ2n) is 7.55. The fourth-order valence-electron chi connectivity index (χ4n) is 3.49. The molecule has 0 atom stereocenters. The highest BCUT2D eigenvalue weighted by atomic mass is 32.2. The maximum Gasteiger partial charge on any atom is 0.327 e. The molecule has 0 unspecified atom stereocenters. The highest BCUT2D eigenvalue weighted by molar-refractivity contribution is 8.13. The number of imide groups is 1. The van der Waals surface area contributed by atoms with Gasteiger partial charge >= 0.3 is 5.97 Å². The van der Waals surface area contributed by atoms with E-state index in [9.17, 15) is 19.2 Å². The Morgan fingerprint density at radius 1 is 1.03 bits per heavy atom. The summed E-state index contributed by atoms with van der Waals surface area (Å²) in [7, 11) is 0.